The van der Waals surface area contributed by atoms with Crippen LogP contribution in [0, 0.1) is 5.92 Å². The first-order chi connectivity index (χ1) is 9.66. The highest BCUT2D eigenvalue weighted by Gasteiger charge is 2.16. The van der Waals surface area contributed by atoms with Crippen LogP contribution in [0.1, 0.15) is 37.0 Å². The number of halogens is 1. The zero-order valence-corrected chi connectivity index (χ0v) is 13.5. The SMILES string of the molecule is CC(C)NC(=O)c1ccccc1OCC1CCNCC1.Cl. The van der Waals surface area contributed by atoms with Crippen molar-refractivity contribution in [2.75, 3.05) is 19.7 Å². The topological polar surface area (TPSA) is 50.4 Å². The second-order valence-electron chi connectivity index (χ2n) is 5.63. The van der Waals surface area contributed by atoms with Gasteiger partial charge in [0, 0.05) is 6.04 Å². The molecule has 1 aliphatic heterocycles. The van der Waals surface area contributed by atoms with Gasteiger partial charge in [-0.3, -0.25) is 4.79 Å². The maximum Gasteiger partial charge on any atom is 0.255 e. The fraction of sp³-hybridized carbons (Fsp3) is 0.562. The van der Waals surface area contributed by atoms with Gasteiger partial charge < -0.3 is 15.4 Å². The van der Waals surface area contributed by atoms with Crippen LogP contribution in [0.15, 0.2) is 24.3 Å². The van der Waals surface area contributed by atoms with Gasteiger partial charge in [0.2, 0.25) is 0 Å². The van der Waals surface area contributed by atoms with E-state index in [1.807, 2.05) is 38.1 Å². The van der Waals surface area contributed by atoms with Crippen LogP contribution < -0.4 is 15.4 Å². The van der Waals surface area contributed by atoms with E-state index in [2.05, 4.69) is 10.6 Å². The number of rotatable bonds is 5. The summed E-state index contributed by atoms with van der Waals surface area (Å²) in [4.78, 5) is 12.1. The molecule has 4 nitrogen and oxygen atoms in total. The van der Waals surface area contributed by atoms with Crippen LogP contribution in [-0.2, 0) is 0 Å². The molecular weight excluding hydrogens is 288 g/mol. The number of carbonyl (C=O) groups is 1. The Bertz CT molecular complexity index is 446. The summed E-state index contributed by atoms with van der Waals surface area (Å²) in [5.74, 6) is 1.20. The fourth-order valence-electron chi connectivity index (χ4n) is 2.38. The number of ether oxygens (including phenoxy) is 1. The van der Waals surface area contributed by atoms with Crippen molar-refractivity contribution in [1.82, 2.24) is 10.6 Å². The summed E-state index contributed by atoms with van der Waals surface area (Å²) >= 11 is 0. The van der Waals surface area contributed by atoms with Crippen molar-refractivity contribution in [3.63, 3.8) is 0 Å². The number of amides is 1. The van der Waals surface area contributed by atoms with Gasteiger partial charge in [-0.05, 0) is 57.8 Å². The number of para-hydroxylation sites is 1. The van der Waals surface area contributed by atoms with Crippen molar-refractivity contribution in [3.8, 4) is 5.75 Å². The second-order valence-corrected chi connectivity index (χ2v) is 5.63. The Morgan fingerprint density at radius 3 is 2.67 bits per heavy atom. The van der Waals surface area contributed by atoms with Gasteiger partial charge in [-0.1, -0.05) is 12.1 Å². The number of carbonyl (C=O) groups excluding carboxylic acids is 1. The predicted octanol–water partition coefficient (Wildman–Crippen LogP) is 2.63. The lowest BCUT2D eigenvalue weighted by Crippen LogP contribution is -2.32. The molecule has 1 heterocycles. The molecule has 0 aromatic heterocycles. The molecule has 0 aliphatic carbocycles. The lowest BCUT2D eigenvalue weighted by atomic mass is 9.99. The van der Waals surface area contributed by atoms with Crippen LogP contribution in [0.3, 0.4) is 0 Å². The fourth-order valence-corrected chi connectivity index (χ4v) is 2.38. The third-order valence-electron chi connectivity index (χ3n) is 3.48. The predicted molar refractivity (Wildman–Crippen MR) is 87.4 cm³/mol. The monoisotopic (exact) mass is 312 g/mol. The van der Waals surface area contributed by atoms with Crippen molar-refractivity contribution in [2.24, 2.45) is 5.92 Å². The van der Waals surface area contributed by atoms with Crippen LogP contribution in [0.2, 0.25) is 0 Å². The second kappa shape index (κ2) is 8.90. The maximum atomic E-state index is 12.1. The average molecular weight is 313 g/mol. The molecule has 0 radical (unpaired) electrons. The van der Waals surface area contributed by atoms with Gasteiger partial charge in [0.05, 0.1) is 12.2 Å². The first kappa shape index (κ1) is 17.8. The molecule has 1 aromatic carbocycles. The van der Waals surface area contributed by atoms with Crippen molar-refractivity contribution >= 4 is 18.3 Å². The standard InChI is InChI=1S/C16H24N2O2.ClH/c1-12(2)18-16(19)14-5-3-4-6-15(14)20-11-13-7-9-17-10-8-13;/h3-6,12-13,17H,7-11H2,1-2H3,(H,18,19);1H. The number of benzene rings is 1. The molecule has 1 aliphatic rings. The molecule has 2 rings (SSSR count). The third-order valence-corrected chi connectivity index (χ3v) is 3.48. The van der Waals surface area contributed by atoms with Crippen molar-refractivity contribution in [3.05, 3.63) is 29.8 Å². The minimum absolute atomic E-state index is 0. The summed E-state index contributed by atoms with van der Waals surface area (Å²) in [5, 5.41) is 6.25. The molecule has 0 unspecified atom stereocenters. The van der Waals surface area contributed by atoms with Gasteiger partial charge in [-0.25, -0.2) is 0 Å². The highest BCUT2D eigenvalue weighted by atomic mass is 35.5. The molecule has 1 amide bonds. The lowest BCUT2D eigenvalue weighted by molar-refractivity contribution is 0.0937. The molecule has 0 spiro atoms. The van der Waals surface area contributed by atoms with Crippen molar-refractivity contribution < 1.29 is 9.53 Å². The Morgan fingerprint density at radius 1 is 1.33 bits per heavy atom. The Morgan fingerprint density at radius 2 is 2.00 bits per heavy atom. The van der Waals surface area contributed by atoms with E-state index in [4.69, 9.17) is 4.74 Å². The Labute approximate surface area is 133 Å². The van der Waals surface area contributed by atoms with Gasteiger partial charge in [0.1, 0.15) is 5.75 Å². The van der Waals surface area contributed by atoms with E-state index in [9.17, 15) is 4.79 Å². The summed E-state index contributed by atoms with van der Waals surface area (Å²) in [5.41, 5.74) is 0.620. The van der Waals surface area contributed by atoms with Crippen LogP contribution in [0.4, 0.5) is 0 Å². The third kappa shape index (κ3) is 5.56. The normalized spacial score (nSPS) is 15.4. The average Bonchev–Trinajstić information content (AvgIpc) is 2.46. The summed E-state index contributed by atoms with van der Waals surface area (Å²) < 4.78 is 5.89. The first-order valence-electron chi connectivity index (χ1n) is 7.40. The molecule has 2 N–H and O–H groups in total. The lowest BCUT2D eigenvalue weighted by Gasteiger charge is -2.23. The molecule has 1 fully saturated rings. The first-order valence-corrected chi connectivity index (χ1v) is 7.40. The molecule has 1 saturated heterocycles. The van der Waals surface area contributed by atoms with Gasteiger partial charge in [-0.2, -0.15) is 0 Å². The highest BCUT2D eigenvalue weighted by molar-refractivity contribution is 5.97. The summed E-state index contributed by atoms with van der Waals surface area (Å²) in [7, 11) is 0. The molecular formula is C16H25ClN2O2. The number of nitrogens with one attached hydrogen (secondary N) is 2. The molecule has 0 atom stereocenters. The van der Waals surface area contributed by atoms with Crippen LogP contribution >= 0.6 is 12.4 Å². The zero-order valence-electron chi connectivity index (χ0n) is 12.7. The van der Waals surface area contributed by atoms with E-state index in [1.165, 1.54) is 0 Å². The summed E-state index contributed by atoms with van der Waals surface area (Å²) in [6.07, 6.45) is 2.28. The molecule has 118 valence electrons. The smallest absolute Gasteiger partial charge is 0.255 e. The number of piperidine rings is 1. The van der Waals surface area contributed by atoms with Crippen LogP contribution in [0.5, 0.6) is 5.75 Å². The van der Waals surface area contributed by atoms with Crippen molar-refractivity contribution in [1.29, 1.82) is 0 Å². The van der Waals surface area contributed by atoms with E-state index in [-0.39, 0.29) is 24.4 Å². The van der Waals surface area contributed by atoms with E-state index in [0.29, 0.717) is 23.8 Å². The van der Waals surface area contributed by atoms with Gasteiger partial charge in [0.15, 0.2) is 0 Å². The molecule has 5 heteroatoms. The largest absolute Gasteiger partial charge is 0.492 e. The molecule has 0 saturated carbocycles. The van der Waals surface area contributed by atoms with Gasteiger partial charge >= 0.3 is 0 Å². The van der Waals surface area contributed by atoms with Crippen LogP contribution in [0.25, 0.3) is 0 Å². The Kier molecular flexibility index (Phi) is 7.54. The number of hydrogen-bond donors (Lipinski definition) is 2. The molecule has 0 bridgehead atoms. The minimum Gasteiger partial charge on any atom is -0.492 e. The van der Waals surface area contributed by atoms with E-state index < -0.39 is 0 Å². The Balaban J connectivity index is 0.00000220. The van der Waals surface area contributed by atoms with E-state index in [1.54, 1.807) is 0 Å². The van der Waals surface area contributed by atoms with Gasteiger partial charge in [-0.15, -0.1) is 12.4 Å². The van der Waals surface area contributed by atoms with Crippen LogP contribution in [-0.4, -0.2) is 31.6 Å². The molecule has 21 heavy (non-hydrogen) atoms. The zero-order chi connectivity index (χ0) is 14.4. The summed E-state index contributed by atoms with van der Waals surface area (Å²) in [6.45, 7) is 6.72. The summed E-state index contributed by atoms with van der Waals surface area (Å²) in [6, 6.07) is 7.59. The maximum absolute atomic E-state index is 12.1. The van der Waals surface area contributed by atoms with E-state index in [0.717, 1.165) is 25.9 Å². The molecule has 1 aromatic rings. The van der Waals surface area contributed by atoms with Gasteiger partial charge in [0.25, 0.3) is 5.91 Å². The minimum atomic E-state index is -0.0686. The van der Waals surface area contributed by atoms with Crippen molar-refractivity contribution in [2.45, 2.75) is 32.7 Å². The number of hydrogen-bond acceptors (Lipinski definition) is 3. The Hall–Kier alpha value is -1.26. The van der Waals surface area contributed by atoms with E-state index >= 15 is 0 Å². The highest BCUT2D eigenvalue weighted by Crippen LogP contribution is 2.20. The quantitative estimate of drug-likeness (QED) is 0.879.